The van der Waals surface area contributed by atoms with E-state index in [1.807, 2.05) is 0 Å². The maximum Gasteiger partial charge on any atom is 0.409 e. The fraction of sp³-hybridized carbons (Fsp3) is 0. The minimum Gasteiger partial charge on any atom is -0.414 e. The Bertz CT molecular complexity index is 383. The van der Waals surface area contributed by atoms with Gasteiger partial charge >= 0.3 is 5.43 Å². The molecule has 1 rings (SSSR count). The summed E-state index contributed by atoms with van der Waals surface area (Å²) < 4.78 is 4.70. The smallest absolute Gasteiger partial charge is 0.409 e. The van der Waals surface area contributed by atoms with Crippen molar-refractivity contribution in [3.05, 3.63) is 42.5 Å². The number of benzene rings is 1. The highest BCUT2D eigenvalue weighted by molar-refractivity contribution is 6.61. The van der Waals surface area contributed by atoms with Crippen molar-refractivity contribution in [2.75, 3.05) is 0 Å². The molecule has 0 atom stereocenters. The molecule has 0 aliphatic rings. The lowest BCUT2D eigenvalue weighted by Gasteiger charge is -2.04. The van der Waals surface area contributed by atoms with E-state index in [2.05, 4.69) is 13.2 Å². The van der Waals surface area contributed by atoms with E-state index in [-0.39, 0.29) is 0 Å². The third-order valence-electron chi connectivity index (χ3n) is 1.70. The van der Waals surface area contributed by atoms with Crippen LogP contribution in [0.2, 0.25) is 0 Å². The van der Waals surface area contributed by atoms with E-state index in [1.165, 1.54) is 0 Å². The second-order valence-electron chi connectivity index (χ2n) is 2.54. The molecule has 0 heterocycles. The topological polar surface area (TPSA) is 26.3 Å². The minimum atomic E-state index is -0.855. The normalized spacial score (nSPS) is 9.21. The summed E-state index contributed by atoms with van der Waals surface area (Å²) in [5.74, 6) is 0.394. The van der Waals surface area contributed by atoms with Crippen molar-refractivity contribution >= 4 is 29.2 Å². The molecule has 2 nitrogen and oxygen atoms in total. The van der Waals surface area contributed by atoms with E-state index in [0.717, 1.165) is 11.1 Å². The molecule has 0 N–H and O–H groups in total. The van der Waals surface area contributed by atoms with Gasteiger partial charge in [-0.15, -0.1) is 0 Å². The Morgan fingerprint density at radius 2 is 1.93 bits per heavy atom. The molecular formula is C11H9ClO2. The van der Waals surface area contributed by atoms with Gasteiger partial charge in [0.25, 0.3) is 0 Å². The summed E-state index contributed by atoms with van der Waals surface area (Å²) in [4.78, 5) is 10.5. The first-order valence-corrected chi connectivity index (χ1v) is 4.31. The lowest BCUT2D eigenvalue weighted by atomic mass is 10.1. The van der Waals surface area contributed by atoms with Crippen molar-refractivity contribution < 1.29 is 9.53 Å². The molecule has 0 amide bonds. The second kappa shape index (κ2) is 4.63. The first-order valence-electron chi connectivity index (χ1n) is 3.93. The maximum atomic E-state index is 10.5. The van der Waals surface area contributed by atoms with E-state index in [4.69, 9.17) is 16.3 Å². The SMILES string of the molecule is C=Cc1ccc(OC(=O)Cl)cc1C=C. The van der Waals surface area contributed by atoms with Gasteiger partial charge in [0.2, 0.25) is 0 Å². The molecule has 14 heavy (non-hydrogen) atoms. The number of halogens is 1. The molecule has 72 valence electrons. The van der Waals surface area contributed by atoms with E-state index in [0.29, 0.717) is 5.75 Å². The van der Waals surface area contributed by atoms with Crippen LogP contribution in [0.15, 0.2) is 31.4 Å². The maximum absolute atomic E-state index is 10.5. The summed E-state index contributed by atoms with van der Waals surface area (Å²) in [6, 6.07) is 5.09. The van der Waals surface area contributed by atoms with Crippen LogP contribution in [-0.4, -0.2) is 5.43 Å². The molecule has 0 fully saturated rings. The van der Waals surface area contributed by atoms with Crippen LogP contribution in [0, 0.1) is 0 Å². The fourth-order valence-corrected chi connectivity index (χ4v) is 1.16. The monoisotopic (exact) mass is 208 g/mol. The van der Waals surface area contributed by atoms with Crippen LogP contribution in [0.1, 0.15) is 11.1 Å². The van der Waals surface area contributed by atoms with Gasteiger partial charge in [0.15, 0.2) is 0 Å². The molecule has 1 aromatic carbocycles. The van der Waals surface area contributed by atoms with Crippen LogP contribution < -0.4 is 4.74 Å². The summed E-state index contributed by atoms with van der Waals surface area (Å²) in [7, 11) is 0. The average Bonchev–Trinajstić information content (AvgIpc) is 2.16. The Kier molecular flexibility index (Phi) is 3.48. The number of rotatable bonds is 3. The molecule has 0 aromatic heterocycles. The molecule has 0 spiro atoms. The van der Waals surface area contributed by atoms with E-state index < -0.39 is 5.43 Å². The van der Waals surface area contributed by atoms with Crippen molar-refractivity contribution in [2.45, 2.75) is 0 Å². The first kappa shape index (κ1) is 10.5. The fourth-order valence-electron chi connectivity index (χ4n) is 1.07. The van der Waals surface area contributed by atoms with Crippen molar-refractivity contribution in [2.24, 2.45) is 0 Å². The zero-order valence-corrected chi connectivity index (χ0v) is 8.25. The zero-order valence-electron chi connectivity index (χ0n) is 7.50. The first-order chi connectivity index (χ1) is 6.67. The Hall–Kier alpha value is -1.54. The predicted octanol–water partition coefficient (Wildman–Crippen LogP) is 3.71. The van der Waals surface area contributed by atoms with Gasteiger partial charge in [0.05, 0.1) is 0 Å². The number of carbonyl (C=O) groups is 1. The summed E-state index contributed by atoms with van der Waals surface area (Å²) in [5.41, 5.74) is 0.913. The van der Waals surface area contributed by atoms with Gasteiger partial charge in [-0.2, -0.15) is 0 Å². The lowest BCUT2D eigenvalue weighted by Crippen LogP contribution is -1.96. The summed E-state index contributed by atoms with van der Waals surface area (Å²) in [5, 5.41) is 0. The number of ether oxygens (including phenoxy) is 1. The van der Waals surface area contributed by atoms with Crippen LogP contribution >= 0.6 is 11.6 Å². The minimum absolute atomic E-state index is 0.394. The van der Waals surface area contributed by atoms with Gasteiger partial charge in [-0.3, -0.25) is 0 Å². The van der Waals surface area contributed by atoms with Crippen LogP contribution in [0.25, 0.3) is 12.2 Å². The van der Waals surface area contributed by atoms with Gasteiger partial charge in [-0.05, 0) is 23.3 Å². The van der Waals surface area contributed by atoms with E-state index in [9.17, 15) is 4.79 Å². The van der Waals surface area contributed by atoms with Crippen LogP contribution in [0.5, 0.6) is 5.75 Å². The van der Waals surface area contributed by atoms with Gasteiger partial charge < -0.3 is 4.74 Å². The van der Waals surface area contributed by atoms with Crippen molar-refractivity contribution in [3.8, 4) is 5.75 Å². The highest BCUT2D eigenvalue weighted by Crippen LogP contribution is 2.20. The molecule has 0 aliphatic heterocycles. The molecule has 0 aliphatic carbocycles. The third-order valence-corrected chi connectivity index (χ3v) is 1.77. The molecule has 3 heteroatoms. The van der Waals surface area contributed by atoms with Crippen LogP contribution in [0.3, 0.4) is 0 Å². The molecule has 0 saturated heterocycles. The van der Waals surface area contributed by atoms with Crippen LogP contribution in [0.4, 0.5) is 4.79 Å². The Morgan fingerprint density at radius 1 is 1.29 bits per heavy atom. The van der Waals surface area contributed by atoms with Gasteiger partial charge in [-0.1, -0.05) is 31.4 Å². The number of hydrogen-bond acceptors (Lipinski definition) is 2. The van der Waals surface area contributed by atoms with E-state index >= 15 is 0 Å². The number of hydrogen-bond donors (Lipinski definition) is 0. The average molecular weight is 209 g/mol. The van der Waals surface area contributed by atoms with Gasteiger partial charge in [0, 0.05) is 11.6 Å². The second-order valence-corrected chi connectivity index (χ2v) is 2.85. The van der Waals surface area contributed by atoms with Crippen molar-refractivity contribution in [1.82, 2.24) is 0 Å². The summed E-state index contributed by atoms with van der Waals surface area (Å²) in [6.07, 6.45) is 3.35. The Labute approximate surface area is 87.5 Å². The largest absolute Gasteiger partial charge is 0.414 e. The number of carbonyl (C=O) groups excluding carboxylic acids is 1. The zero-order chi connectivity index (χ0) is 10.6. The quantitative estimate of drug-likeness (QED) is 0.708. The van der Waals surface area contributed by atoms with Crippen molar-refractivity contribution in [3.63, 3.8) is 0 Å². The lowest BCUT2D eigenvalue weighted by molar-refractivity contribution is 0.225. The molecule has 0 saturated carbocycles. The van der Waals surface area contributed by atoms with Gasteiger partial charge in [-0.25, -0.2) is 4.79 Å². The summed E-state index contributed by atoms with van der Waals surface area (Å²) in [6.45, 7) is 7.29. The highest BCUT2D eigenvalue weighted by atomic mass is 35.5. The van der Waals surface area contributed by atoms with Gasteiger partial charge in [0.1, 0.15) is 5.75 Å². The highest BCUT2D eigenvalue weighted by Gasteiger charge is 2.02. The standard InChI is InChI=1S/C11H9ClO2/c1-3-8-5-6-10(14-11(12)13)7-9(8)4-2/h3-7H,1-2H2. The van der Waals surface area contributed by atoms with E-state index in [1.54, 1.807) is 30.4 Å². The molecular weight excluding hydrogens is 200 g/mol. The van der Waals surface area contributed by atoms with Crippen LogP contribution in [-0.2, 0) is 0 Å². The molecule has 0 radical (unpaired) electrons. The summed E-state index contributed by atoms with van der Waals surface area (Å²) >= 11 is 5.07. The predicted molar refractivity (Wildman–Crippen MR) is 58.5 cm³/mol. The Balaban J connectivity index is 3.07. The molecule has 0 unspecified atom stereocenters. The third kappa shape index (κ3) is 2.47. The van der Waals surface area contributed by atoms with Crippen molar-refractivity contribution in [1.29, 1.82) is 0 Å². The Morgan fingerprint density at radius 3 is 2.43 bits per heavy atom. The molecule has 0 bridgehead atoms. The molecule has 1 aromatic rings.